The fourth-order valence-corrected chi connectivity index (χ4v) is 2.81. The molecule has 0 aliphatic rings. The summed E-state index contributed by atoms with van der Waals surface area (Å²) in [6.45, 7) is 0. The summed E-state index contributed by atoms with van der Waals surface area (Å²) in [6, 6.07) is 13.3. The standard InChI is InChI=1S/C20H22ClN5O2/c1-26(2)14-7-5-13(6-8-14)24-19-11-20(23-12-22-19)25-16-10-17(27-3)15(21)9-18(16)28-4/h5-12H,1-4H3,(H2,22,23,24,25). The molecule has 0 fully saturated rings. The van der Waals surface area contributed by atoms with E-state index in [1.54, 1.807) is 32.4 Å². The quantitative estimate of drug-likeness (QED) is 0.596. The van der Waals surface area contributed by atoms with E-state index in [4.69, 9.17) is 21.1 Å². The Balaban J connectivity index is 1.80. The Morgan fingerprint density at radius 2 is 1.50 bits per heavy atom. The van der Waals surface area contributed by atoms with E-state index in [-0.39, 0.29) is 0 Å². The minimum Gasteiger partial charge on any atom is -0.495 e. The summed E-state index contributed by atoms with van der Waals surface area (Å²) in [6.07, 6.45) is 1.48. The van der Waals surface area contributed by atoms with Crippen LogP contribution in [0.4, 0.5) is 28.7 Å². The van der Waals surface area contributed by atoms with Crippen LogP contribution >= 0.6 is 11.6 Å². The highest BCUT2D eigenvalue weighted by Crippen LogP contribution is 2.37. The lowest BCUT2D eigenvalue weighted by Gasteiger charge is -2.15. The van der Waals surface area contributed by atoms with E-state index < -0.39 is 0 Å². The average Bonchev–Trinajstić information content (AvgIpc) is 2.69. The average molecular weight is 400 g/mol. The molecule has 3 rings (SSSR count). The van der Waals surface area contributed by atoms with Crippen LogP contribution in [0.2, 0.25) is 5.02 Å². The molecule has 0 spiro atoms. The molecule has 0 aliphatic carbocycles. The van der Waals surface area contributed by atoms with Crippen LogP contribution < -0.4 is 25.0 Å². The van der Waals surface area contributed by atoms with Gasteiger partial charge in [0.1, 0.15) is 29.5 Å². The first-order valence-corrected chi connectivity index (χ1v) is 8.93. The molecule has 7 nitrogen and oxygen atoms in total. The van der Waals surface area contributed by atoms with Gasteiger partial charge in [0.15, 0.2) is 0 Å². The van der Waals surface area contributed by atoms with Gasteiger partial charge in [0, 0.05) is 43.7 Å². The minimum absolute atomic E-state index is 0.469. The zero-order valence-corrected chi connectivity index (χ0v) is 16.9. The van der Waals surface area contributed by atoms with Crippen molar-refractivity contribution in [1.82, 2.24) is 9.97 Å². The van der Waals surface area contributed by atoms with Crippen LogP contribution in [0.25, 0.3) is 0 Å². The maximum Gasteiger partial charge on any atom is 0.144 e. The normalized spacial score (nSPS) is 10.3. The second-order valence-corrected chi connectivity index (χ2v) is 6.57. The highest BCUT2D eigenvalue weighted by atomic mass is 35.5. The molecule has 0 radical (unpaired) electrons. The topological polar surface area (TPSA) is 71.5 Å². The Bertz CT molecular complexity index is 948. The summed E-state index contributed by atoms with van der Waals surface area (Å²) < 4.78 is 10.7. The molecule has 0 saturated carbocycles. The van der Waals surface area contributed by atoms with Crippen molar-refractivity contribution in [2.24, 2.45) is 0 Å². The highest BCUT2D eigenvalue weighted by molar-refractivity contribution is 6.32. The van der Waals surface area contributed by atoms with Crippen molar-refractivity contribution in [2.45, 2.75) is 0 Å². The number of aromatic nitrogens is 2. The zero-order valence-electron chi connectivity index (χ0n) is 16.2. The van der Waals surface area contributed by atoms with Crippen molar-refractivity contribution in [1.29, 1.82) is 0 Å². The predicted octanol–water partition coefficient (Wildman–Crippen LogP) is 4.70. The van der Waals surface area contributed by atoms with E-state index in [1.807, 2.05) is 43.3 Å². The molecule has 1 heterocycles. The van der Waals surface area contributed by atoms with Gasteiger partial charge in [-0.2, -0.15) is 0 Å². The molecule has 1 aromatic heterocycles. The van der Waals surface area contributed by atoms with Crippen molar-refractivity contribution in [3.05, 3.63) is 53.8 Å². The zero-order chi connectivity index (χ0) is 20.1. The molecule has 0 unspecified atom stereocenters. The predicted molar refractivity (Wildman–Crippen MR) is 114 cm³/mol. The summed E-state index contributed by atoms with van der Waals surface area (Å²) in [5.74, 6) is 2.39. The Kier molecular flexibility index (Phi) is 6.06. The van der Waals surface area contributed by atoms with Crippen molar-refractivity contribution in [2.75, 3.05) is 43.8 Å². The number of halogens is 1. The number of nitrogens with zero attached hydrogens (tertiary/aromatic N) is 3. The van der Waals surface area contributed by atoms with Gasteiger partial charge in [0.05, 0.1) is 24.9 Å². The van der Waals surface area contributed by atoms with E-state index >= 15 is 0 Å². The molecular weight excluding hydrogens is 378 g/mol. The molecule has 146 valence electrons. The van der Waals surface area contributed by atoms with Gasteiger partial charge in [0.25, 0.3) is 0 Å². The molecule has 0 aliphatic heterocycles. The second kappa shape index (κ2) is 8.67. The monoisotopic (exact) mass is 399 g/mol. The summed E-state index contributed by atoms with van der Waals surface area (Å²) in [4.78, 5) is 10.6. The van der Waals surface area contributed by atoms with Gasteiger partial charge in [-0.25, -0.2) is 9.97 Å². The van der Waals surface area contributed by atoms with Crippen LogP contribution in [-0.4, -0.2) is 38.3 Å². The largest absolute Gasteiger partial charge is 0.495 e. The Morgan fingerprint density at radius 1 is 0.857 bits per heavy atom. The molecule has 2 N–H and O–H groups in total. The van der Waals surface area contributed by atoms with Gasteiger partial charge >= 0.3 is 0 Å². The van der Waals surface area contributed by atoms with Gasteiger partial charge in [-0.05, 0) is 24.3 Å². The van der Waals surface area contributed by atoms with E-state index in [1.165, 1.54) is 6.33 Å². The number of hydrogen-bond acceptors (Lipinski definition) is 7. The van der Waals surface area contributed by atoms with Crippen LogP contribution in [0.3, 0.4) is 0 Å². The smallest absolute Gasteiger partial charge is 0.144 e. The first-order valence-electron chi connectivity index (χ1n) is 8.55. The number of hydrogen-bond donors (Lipinski definition) is 2. The highest BCUT2D eigenvalue weighted by Gasteiger charge is 2.11. The Hall–Kier alpha value is -3.19. The molecular formula is C20H22ClN5O2. The van der Waals surface area contributed by atoms with Crippen LogP contribution in [0.5, 0.6) is 11.5 Å². The second-order valence-electron chi connectivity index (χ2n) is 6.17. The first kappa shape index (κ1) is 19.6. The Morgan fingerprint density at radius 3 is 2.11 bits per heavy atom. The summed E-state index contributed by atoms with van der Waals surface area (Å²) >= 11 is 6.16. The molecule has 0 bridgehead atoms. The van der Waals surface area contributed by atoms with Crippen LogP contribution in [0.15, 0.2) is 48.8 Å². The summed E-state index contributed by atoms with van der Waals surface area (Å²) in [5.41, 5.74) is 2.74. The molecule has 28 heavy (non-hydrogen) atoms. The number of nitrogens with one attached hydrogen (secondary N) is 2. The fraction of sp³-hybridized carbons (Fsp3) is 0.200. The van der Waals surface area contributed by atoms with E-state index in [2.05, 4.69) is 20.6 Å². The number of anilines is 5. The molecule has 0 saturated heterocycles. The van der Waals surface area contributed by atoms with E-state index in [9.17, 15) is 0 Å². The van der Waals surface area contributed by atoms with Crippen molar-refractivity contribution in [3.63, 3.8) is 0 Å². The Labute approximate surface area is 169 Å². The minimum atomic E-state index is 0.469. The third-order valence-corrected chi connectivity index (χ3v) is 4.36. The molecule has 8 heteroatoms. The van der Waals surface area contributed by atoms with Gasteiger partial charge in [-0.1, -0.05) is 11.6 Å². The van der Waals surface area contributed by atoms with Crippen LogP contribution in [-0.2, 0) is 0 Å². The maximum atomic E-state index is 6.16. The van der Waals surface area contributed by atoms with Crippen LogP contribution in [0.1, 0.15) is 0 Å². The van der Waals surface area contributed by atoms with Gasteiger partial charge in [-0.15, -0.1) is 0 Å². The molecule has 3 aromatic rings. The maximum absolute atomic E-state index is 6.16. The third kappa shape index (κ3) is 4.55. The lowest BCUT2D eigenvalue weighted by atomic mass is 10.2. The molecule has 2 aromatic carbocycles. The number of rotatable bonds is 7. The van der Waals surface area contributed by atoms with E-state index in [0.717, 1.165) is 11.4 Å². The van der Waals surface area contributed by atoms with Gasteiger partial charge in [-0.3, -0.25) is 0 Å². The lowest BCUT2D eigenvalue weighted by molar-refractivity contribution is 0.405. The van der Waals surface area contributed by atoms with Gasteiger partial charge in [0.2, 0.25) is 0 Å². The number of methoxy groups -OCH3 is 2. The van der Waals surface area contributed by atoms with Gasteiger partial charge < -0.3 is 25.0 Å². The van der Waals surface area contributed by atoms with Crippen molar-refractivity contribution >= 4 is 40.3 Å². The fourth-order valence-electron chi connectivity index (χ4n) is 2.58. The number of benzene rings is 2. The summed E-state index contributed by atoms with van der Waals surface area (Å²) in [5, 5.41) is 6.95. The van der Waals surface area contributed by atoms with Crippen LogP contribution in [0, 0.1) is 0 Å². The van der Waals surface area contributed by atoms with E-state index in [0.29, 0.717) is 33.8 Å². The van der Waals surface area contributed by atoms with Crippen molar-refractivity contribution in [3.8, 4) is 11.5 Å². The lowest BCUT2D eigenvalue weighted by Crippen LogP contribution is -2.08. The summed E-state index contributed by atoms with van der Waals surface area (Å²) in [7, 11) is 7.15. The SMILES string of the molecule is COc1cc(Nc2cc(Nc3ccc(N(C)C)cc3)ncn2)c(OC)cc1Cl. The third-order valence-electron chi connectivity index (χ3n) is 4.06. The first-order chi connectivity index (χ1) is 13.5. The number of ether oxygens (including phenoxy) is 2. The molecule has 0 atom stereocenters. The van der Waals surface area contributed by atoms with Crippen molar-refractivity contribution < 1.29 is 9.47 Å². The molecule has 0 amide bonds.